The van der Waals surface area contributed by atoms with Gasteiger partial charge in [0, 0.05) is 6.20 Å². The number of halogens is 5. The molecule has 2 unspecified atom stereocenters. The highest BCUT2D eigenvalue weighted by molar-refractivity contribution is 5.94. The van der Waals surface area contributed by atoms with Gasteiger partial charge in [-0.15, -0.1) is 0 Å². The minimum Gasteiger partial charge on any atom is -0.309 e. The molecule has 1 fully saturated rings. The molecule has 28 heavy (non-hydrogen) atoms. The Balaban J connectivity index is 1.82. The van der Waals surface area contributed by atoms with Gasteiger partial charge in [0.1, 0.15) is 12.0 Å². The van der Waals surface area contributed by atoms with Crippen LogP contribution in [-0.2, 0) is 11.0 Å². The Kier molecular flexibility index (Phi) is 4.13. The largest absolute Gasteiger partial charge is 0.420 e. The van der Waals surface area contributed by atoms with Crippen LogP contribution in [0.1, 0.15) is 17.5 Å². The van der Waals surface area contributed by atoms with Crippen LogP contribution in [0.4, 0.5) is 27.8 Å². The van der Waals surface area contributed by atoms with Gasteiger partial charge in [-0.3, -0.25) is 4.79 Å². The maximum Gasteiger partial charge on any atom is 0.420 e. The lowest BCUT2D eigenvalue weighted by molar-refractivity contribution is -0.136. The van der Waals surface area contributed by atoms with E-state index in [0.717, 1.165) is 16.5 Å². The predicted octanol–water partition coefficient (Wildman–Crippen LogP) is 4.76. The van der Waals surface area contributed by atoms with Gasteiger partial charge in [-0.1, -0.05) is 6.07 Å². The van der Waals surface area contributed by atoms with E-state index in [2.05, 4.69) is 10.3 Å². The molecule has 3 aromatic rings. The summed E-state index contributed by atoms with van der Waals surface area (Å²) in [6, 6.07) is 4.76. The molecule has 0 aliphatic heterocycles. The molecule has 2 atom stereocenters. The van der Waals surface area contributed by atoms with Crippen LogP contribution < -0.4 is 5.32 Å². The van der Waals surface area contributed by atoms with Gasteiger partial charge in [0.05, 0.1) is 17.7 Å². The number of carbonyl (C=O) groups excluding carboxylic acids is 1. The predicted molar refractivity (Wildman–Crippen MR) is 92.0 cm³/mol. The number of aromatic nitrogens is 2. The highest BCUT2D eigenvalue weighted by Gasteiger charge is 2.44. The highest BCUT2D eigenvalue weighted by atomic mass is 19.4. The number of imidazole rings is 1. The second-order valence-corrected chi connectivity index (χ2v) is 6.80. The number of anilines is 1. The van der Waals surface area contributed by atoms with Crippen molar-refractivity contribution in [3.63, 3.8) is 0 Å². The molecule has 0 bridgehead atoms. The third kappa shape index (κ3) is 3.32. The number of nitrogens with one attached hydrogen (secondary N) is 1. The van der Waals surface area contributed by atoms with Crippen molar-refractivity contribution in [3.8, 4) is 11.1 Å². The average Bonchev–Trinajstić information content (AvgIpc) is 3.20. The zero-order valence-corrected chi connectivity index (χ0v) is 14.5. The molecule has 2 aromatic heterocycles. The number of carbonyl (C=O) groups is 1. The minimum absolute atomic E-state index is 0.0933. The highest BCUT2D eigenvalue weighted by Crippen LogP contribution is 2.37. The molecule has 2 heterocycles. The smallest absolute Gasteiger partial charge is 0.309 e. The number of amides is 1. The summed E-state index contributed by atoms with van der Waals surface area (Å²) in [6.07, 6.45) is -3.26. The van der Waals surface area contributed by atoms with E-state index >= 15 is 0 Å². The van der Waals surface area contributed by atoms with Crippen LogP contribution >= 0.6 is 0 Å². The van der Waals surface area contributed by atoms with Crippen molar-refractivity contribution >= 4 is 17.4 Å². The van der Waals surface area contributed by atoms with E-state index in [1.165, 1.54) is 24.5 Å². The first-order chi connectivity index (χ1) is 13.1. The first-order valence-corrected chi connectivity index (χ1v) is 8.45. The molecular weight excluding hydrogens is 381 g/mol. The second kappa shape index (κ2) is 6.29. The van der Waals surface area contributed by atoms with Crippen LogP contribution in [0.25, 0.3) is 16.8 Å². The Hall–Kier alpha value is -2.97. The molecular formula is C19H14F5N3O. The van der Waals surface area contributed by atoms with E-state index in [1.807, 2.05) is 0 Å². The van der Waals surface area contributed by atoms with Crippen molar-refractivity contribution in [2.24, 2.45) is 5.92 Å². The minimum atomic E-state index is -4.72. The van der Waals surface area contributed by atoms with E-state index in [-0.39, 0.29) is 17.8 Å². The molecule has 1 aliphatic carbocycles. The van der Waals surface area contributed by atoms with Gasteiger partial charge < -0.3 is 9.72 Å². The molecule has 0 saturated heterocycles. The fourth-order valence-electron chi connectivity index (χ4n) is 3.07. The summed E-state index contributed by atoms with van der Waals surface area (Å²) in [5, 5.41) is 2.34. The molecule has 9 heteroatoms. The zero-order chi connectivity index (χ0) is 20.2. The van der Waals surface area contributed by atoms with Crippen molar-refractivity contribution in [1.29, 1.82) is 0 Å². The SMILES string of the molecule is Cc1ccc(F)cc1-c1cc(C(F)(F)F)c2nc(NC(=O)C3CC3F)cn2c1. The third-order valence-corrected chi connectivity index (χ3v) is 4.67. The summed E-state index contributed by atoms with van der Waals surface area (Å²) in [7, 11) is 0. The number of rotatable bonds is 3. The van der Waals surface area contributed by atoms with Gasteiger partial charge in [0.2, 0.25) is 5.91 Å². The number of alkyl halides is 4. The lowest BCUT2D eigenvalue weighted by Gasteiger charge is -2.12. The van der Waals surface area contributed by atoms with Crippen LogP contribution in [0.3, 0.4) is 0 Å². The first-order valence-electron chi connectivity index (χ1n) is 8.45. The Morgan fingerprint density at radius 1 is 1.25 bits per heavy atom. The summed E-state index contributed by atoms with van der Waals surface area (Å²) in [5.74, 6) is -2.09. The Morgan fingerprint density at radius 2 is 1.96 bits per heavy atom. The Labute approximate surface area is 156 Å². The molecule has 4 rings (SSSR count). The maximum atomic E-state index is 13.6. The lowest BCUT2D eigenvalue weighted by Crippen LogP contribution is -2.15. The number of fused-ring (bicyclic) bond motifs is 1. The van der Waals surface area contributed by atoms with Crippen molar-refractivity contribution in [3.05, 3.63) is 53.6 Å². The van der Waals surface area contributed by atoms with Crippen LogP contribution in [0.15, 0.2) is 36.7 Å². The number of nitrogens with zero attached hydrogens (tertiary/aromatic N) is 2. The van der Waals surface area contributed by atoms with Gasteiger partial charge >= 0.3 is 6.18 Å². The fourth-order valence-corrected chi connectivity index (χ4v) is 3.07. The van der Waals surface area contributed by atoms with Crippen molar-refractivity contribution < 1.29 is 26.7 Å². The van der Waals surface area contributed by atoms with Gasteiger partial charge in [-0.05, 0) is 48.2 Å². The average molecular weight is 395 g/mol. The van der Waals surface area contributed by atoms with Crippen molar-refractivity contribution in [1.82, 2.24) is 9.38 Å². The molecule has 0 spiro atoms. The van der Waals surface area contributed by atoms with E-state index in [1.54, 1.807) is 6.92 Å². The number of hydrogen-bond acceptors (Lipinski definition) is 2. The molecule has 1 aliphatic rings. The monoisotopic (exact) mass is 395 g/mol. The van der Waals surface area contributed by atoms with Crippen LogP contribution in [0.5, 0.6) is 0 Å². The van der Waals surface area contributed by atoms with Crippen LogP contribution in [0, 0.1) is 18.7 Å². The third-order valence-electron chi connectivity index (χ3n) is 4.67. The van der Waals surface area contributed by atoms with Crippen molar-refractivity contribution in [2.45, 2.75) is 25.7 Å². The topological polar surface area (TPSA) is 46.4 Å². The molecule has 146 valence electrons. The Morgan fingerprint density at radius 3 is 2.61 bits per heavy atom. The van der Waals surface area contributed by atoms with E-state index in [0.29, 0.717) is 11.1 Å². The van der Waals surface area contributed by atoms with E-state index in [4.69, 9.17) is 0 Å². The van der Waals surface area contributed by atoms with E-state index < -0.39 is 41.2 Å². The fraction of sp³-hybridized carbons (Fsp3) is 0.263. The molecule has 1 saturated carbocycles. The van der Waals surface area contributed by atoms with Gasteiger partial charge in [-0.2, -0.15) is 13.2 Å². The molecule has 0 radical (unpaired) electrons. The maximum absolute atomic E-state index is 13.6. The lowest BCUT2D eigenvalue weighted by atomic mass is 10.0. The molecule has 1 aromatic carbocycles. The zero-order valence-electron chi connectivity index (χ0n) is 14.5. The first kappa shape index (κ1) is 18.4. The molecule has 4 nitrogen and oxygen atoms in total. The number of pyridine rings is 1. The normalized spacial score (nSPS) is 19.1. The summed E-state index contributed by atoms with van der Waals surface area (Å²) in [4.78, 5) is 15.7. The number of aryl methyl sites for hydroxylation is 1. The van der Waals surface area contributed by atoms with Gasteiger partial charge in [-0.25, -0.2) is 13.8 Å². The van der Waals surface area contributed by atoms with E-state index in [9.17, 15) is 26.7 Å². The Bertz CT molecular complexity index is 1090. The summed E-state index contributed by atoms with van der Waals surface area (Å²) < 4.78 is 68.5. The second-order valence-electron chi connectivity index (χ2n) is 6.80. The summed E-state index contributed by atoms with van der Waals surface area (Å²) >= 11 is 0. The molecule has 1 amide bonds. The van der Waals surface area contributed by atoms with Gasteiger partial charge in [0.15, 0.2) is 11.5 Å². The number of hydrogen-bond donors (Lipinski definition) is 1. The van der Waals surface area contributed by atoms with Crippen molar-refractivity contribution in [2.75, 3.05) is 5.32 Å². The standard InChI is InChI=1S/C19H14F5N3O/c1-9-2-3-11(20)5-12(9)10-4-14(19(22,23)24)17-25-16(8-27(17)7-10)26-18(28)13-6-15(13)21/h2-5,7-8,13,15H,6H2,1H3,(H,26,28). The number of benzene rings is 1. The molecule has 1 N–H and O–H groups in total. The van der Waals surface area contributed by atoms with Gasteiger partial charge in [0.25, 0.3) is 0 Å². The quantitative estimate of drug-likeness (QED) is 0.650. The van der Waals surface area contributed by atoms with Crippen LogP contribution in [0.2, 0.25) is 0 Å². The van der Waals surface area contributed by atoms with Crippen LogP contribution in [-0.4, -0.2) is 21.5 Å². The summed E-state index contributed by atoms with van der Waals surface area (Å²) in [6.45, 7) is 1.66. The summed E-state index contributed by atoms with van der Waals surface area (Å²) in [5.41, 5.74) is -0.370.